The molecular weight excluding hydrogens is 252 g/mol. The molecule has 20 heavy (non-hydrogen) atoms. The lowest BCUT2D eigenvalue weighted by atomic mass is 9.94. The molecule has 1 saturated heterocycles. The number of hydrogen-bond acceptors (Lipinski definition) is 5. The summed E-state index contributed by atoms with van der Waals surface area (Å²) in [6.07, 6.45) is 1.83. The van der Waals surface area contributed by atoms with E-state index in [4.69, 9.17) is 4.98 Å². The number of nitrogens with one attached hydrogen (secondary N) is 1. The lowest BCUT2D eigenvalue weighted by Crippen LogP contribution is -2.46. The highest BCUT2D eigenvalue weighted by Gasteiger charge is 2.30. The zero-order chi connectivity index (χ0) is 15.0. The molecule has 0 aromatic carbocycles. The predicted octanol–water partition coefficient (Wildman–Crippen LogP) is 2.17. The minimum Gasteiger partial charge on any atom is -0.388 e. The summed E-state index contributed by atoms with van der Waals surface area (Å²) in [6, 6.07) is 1.96. The van der Waals surface area contributed by atoms with Crippen molar-refractivity contribution in [1.29, 1.82) is 0 Å². The Bertz CT molecular complexity index is 479. The second-order valence-electron chi connectivity index (χ2n) is 6.96. The van der Waals surface area contributed by atoms with E-state index in [1.807, 2.05) is 20.0 Å². The first-order valence-electron chi connectivity index (χ1n) is 7.26. The van der Waals surface area contributed by atoms with Crippen LogP contribution in [-0.2, 0) is 5.41 Å². The second-order valence-corrected chi connectivity index (χ2v) is 6.96. The van der Waals surface area contributed by atoms with Crippen LogP contribution in [0.5, 0.6) is 0 Å². The van der Waals surface area contributed by atoms with E-state index in [9.17, 15) is 5.11 Å². The largest absolute Gasteiger partial charge is 0.388 e. The van der Waals surface area contributed by atoms with Gasteiger partial charge in [0.1, 0.15) is 17.5 Å². The molecule has 0 bridgehead atoms. The standard InChI is InChI=1S/C15H26N4O/c1-14(2,3)13-17-11(16-5)9-12(18-13)19-8-6-7-15(4,20)10-19/h9,20H,6-8,10H2,1-5H3,(H,16,17,18). The van der Waals surface area contributed by atoms with Gasteiger partial charge in [0.25, 0.3) is 0 Å². The molecule has 0 amide bonds. The summed E-state index contributed by atoms with van der Waals surface area (Å²) in [5.74, 6) is 2.55. The van der Waals surface area contributed by atoms with Gasteiger partial charge in [-0.2, -0.15) is 0 Å². The van der Waals surface area contributed by atoms with E-state index in [1.165, 1.54) is 0 Å². The van der Waals surface area contributed by atoms with Crippen molar-refractivity contribution in [2.45, 2.75) is 51.6 Å². The number of nitrogens with zero attached hydrogens (tertiary/aromatic N) is 3. The number of piperidine rings is 1. The van der Waals surface area contributed by atoms with Crippen molar-refractivity contribution in [2.24, 2.45) is 0 Å². The van der Waals surface area contributed by atoms with E-state index >= 15 is 0 Å². The molecule has 0 radical (unpaired) electrons. The Morgan fingerprint density at radius 2 is 2.05 bits per heavy atom. The van der Waals surface area contributed by atoms with Crippen molar-refractivity contribution in [3.05, 3.63) is 11.9 Å². The number of anilines is 2. The van der Waals surface area contributed by atoms with Crippen LogP contribution in [0.25, 0.3) is 0 Å². The Morgan fingerprint density at radius 1 is 1.35 bits per heavy atom. The Morgan fingerprint density at radius 3 is 2.60 bits per heavy atom. The van der Waals surface area contributed by atoms with Crippen molar-refractivity contribution in [3.63, 3.8) is 0 Å². The van der Waals surface area contributed by atoms with Crippen LogP contribution in [0.3, 0.4) is 0 Å². The minimum atomic E-state index is -0.634. The third-order valence-corrected chi connectivity index (χ3v) is 3.64. The first kappa shape index (κ1) is 15.0. The van der Waals surface area contributed by atoms with Gasteiger partial charge in [0.15, 0.2) is 0 Å². The molecule has 0 saturated carbocycles. The molecule has 0 aliphatic carbocycles. The van der Waals surface area contributed by atoms with E-state index in [0.717, 1.165) is 36.8 Å². The molecule has 1 unspecified atom stereocenters. The maximum atomic E-state index is 10.3. The first-order valence-corrected chi connectivity index (χ1v) is 7.26. The molecule has 1 atom stereocenters. The lowest BCUT2D eigenvalue weighted by molar-refractivity contribution is 0.0447. The highest BCUT2D eigenvalue weighted by molar-refractivity contribution is 5.50. The van der Waals surface area contributed by atoms with Gasteiger partial charge in [-0.1, -0.05) is 20.8 Å². The van der Waals surface area contributed by atoms with Gasteiger partial charge in [-0.25, -0.2) is 9.97 Å². The number of rotatable bonds is 2. The lowest BCUT2D eigenvalue weighted by Gasteiger charge is -2.38. The monoisotopic (exact) mass is 278 g/mol. The van der Waals surface area contributed by atoms with Crippen molar-refractivity contribution < 1.29 is 5.11 Å². The zero-order valence-corrected chi connectivity index (χ0v) is 13.2. The molecule has 2 N–H and O–H groups in total. The van der Waals surface area contributed by atoms with Gasteiger partial charge >= 0.3 is 0 Å². The SMILES string of the molecule is CNc1cc(N2CCCC(C)(O)C2)nc(C(C)(C)C)n1. The summed E-state index contributed by atoms with van der Waals surface area (Å²) >= 11 is 0. The molecule has 5 heteroatoms. The molecule has 1 aromatic rings. The number of hydrogen-bond donors (Lipinski definition) is 2. The van der Waals surface area contributed by atoms with Gasteiger partial charge in [0.05, 0.1) is 5.60 Å². The van der Waals surface area contributed by atoms with Crippen LogP contribution in [0, 0.1) is 0 Å². The van der Waals surface area contributed by atoms with Gasteiger partial charge in [0.2, 0.25) is 0 Å². The van der Waals surface area contributed by atoms with Crippen LogP contribution in [0.1, 0.15) is 46.4 Å². The van der Waals surface area contributed by atoms with Crippen LogP contribution in [0.4, 0.5) is 11.6 Å². The Labute approximate surface area is 121 Å². The molecule has 2 heterocycles. The average Bonchev–Trinajstić information content (AvgIpc) is 2.36. The average molecular weight is 278 g/mol. The molecule has 0 spiro atoms. The fraction of sp³-hybridized carbons (Fsp3) is 0.733. The summed E-state index contributed by atoms with van der Waals surface area (Å²) in [7, 11) is 1.87. The van der Waals surface area contributed by atoms with Crippen molar-refractivity contribution >= 4 is 11.6 Å². The summed E-state index contributed by atoms with van der Waals surface area (Å²) in [6.45, 7) is 9.77. The number of aliphatic hydroxyl groups is 1. The van der Waals surface area contributed by atoms with Crippen molar-refractivity contribution in [1.82, 2.24) is 9.97 Å². The van der Waals surface area contributed by atoms with E-state index in [0.29, 0.717) is 6.54 Å². The van der Waals surface area contributed by atoms with Crippen molar-refractivity contribution in [2.75, 3.05) is 30.4 Å². The van der Waals surface area contributed by atoms with Crippen LogP contribution in [0.15, 0.2) is 6.07 Å². The molecule has 1 aliphatic rings. The van der Waals surface area contributed by atoms with Crippen molar-refractivity contribution in [3.8, 4) is 0 Å². The second kappa shape index (κ2) is 5.20. The Hall–Kier alpha value is -1.36. The molecule has 2 rings (SSSR count). The Balaban J connectivity index is 2.36. The molecular formula is C15H26N4O. The van der Waals surface area contributed by atoms with E-state index < -0.39 is 5.60 Å². The molecule has 1 fully saturated rings. The summed E-state index contributed by atoms with van der Waals surface area (Å²) in [5, 5.41) is 13.4. The first-order chi connectivity index (χ1) is 9.21. The zero-order valence-electron chi connectivity index (χ0n) is 13.2. The van der Waals surface area contributed by atoms with Crippen LogP contribution in [-0.4, -0.2) is 40.8 Å². The van der Waals surface area contributed by atoms with E-state index in [-0.39, 0.29) is 5.41 Å². The highest BCUT2D eigenvalue weighted by Crippen LogP contribution is 2.28. The normalized spacial score (nSPS) is 23.8. The molecule has 5 nitrogen and oxygen atoms in total. The topological polar surface area (TPSA) is 61.3 Å². The predicted molar refractivity (Wildman–Crippen MR) is 82.3 cm³/mol. The van der Waals surface area contributed by atoms with Gasteiger partial charge in [-0.05, 0) is 19.8 Å². The minimum absolute atomic E-state index is 0.0973. The Kier molecular flexibility index (Phi) is 3.91. The fourth-order valence-corrected chi connectivity index (χ4v) is 2.48. The maximum Gasteiger partial charge on any atom is 0.138 e. The number of aromatic nitrogens is 2. The summed E-state index contributed by atoms with van der Waals surface area (Å²) < 4.78 is 0. The smallest absolute Gasteiger partial charge is 0.138 e. The summed E-state index contributed by atoms with van der Waals surface area (Å²) in [4.78, 5) is 11.4. The van der Waals surface area contributed by atoms with Crippen LogP contribution < -0.4 is 10.2 Å². The third-order valence-electron chi connectivity index (χ3n) is 3.64. The maximum absolute atomic E-state index is 10.3. The van der Waals surface area contributed by atoms with E-state index in [1.54, 1.807) is 0 Å². The van der Waals surface area contributed by atoms with Crippen LogP contribution in [0.2, 0.25) is 0 Å². The van der Waals surface area contributed by atoms with Crippen LogP contribution >= 0.6 is 0 Å². The van der Waals surface area contributed by atoms with Gasteiger partial charge < -0.3 is 15.3 Å². The third kappa shape index (κ3) is 3.39. The van der Waals surface area contributed by atoms with E-state index in [2.05, 4.69) is 36.0 Å². The molecule has 1 aromatic heterocycles. The highest BCUT2D eigenvalue weighted by atomic mass is 16.3. The molecule has 1 aliphatic heterocycles. The van der Waals surface area contributed by atoms with Gasteiger partial charge in [0, 0.05) is 31.6 Å². The van der Waals surface area contributed by atoms with Gasteiger partial charge in [-0.15, -0.1) is 0 Å². The fourth-order valence-electron chi connectivity index (χ4n) is 2.48. The number of β-amino-alcohol motifs (C(OH)–C–C–N with tert-alkyl or cyclic N) is 1. The summed E-state index contributed by atoms with van der Waals surface area (Å²) in [5.41, 5.74) is -0.731. The molecule has 112 valence electrons. The van der Waals surface area contributed by atoms with Gasteiger partial charge in [-0.3, -0.25) is 0 Å². The quantitative estimate of drug-likeness (QED) is 0.868.